The van der Waals surface area contributed by atoms with Crippen molar-refractivity contribution in [1.82, 2.24) is 4.90 Å². The molecule has 0 unspecified atom stereocenters. The molecule has 0 bridgehead atoms. The van der Waals surface area contributed by atoms with Gasteiger partial charge in [0, 0.05) is 13.1 Å². The predicted octanol–water partition coefficient (Wildman–Crippen LogP) is 3.06. The van der Waals surface area contributed by atoms with Crippen LogP contribution < -0.4 is 9.47 Å². The molecule has 0 N–H and O–H groups in total. The molecule has 0 heterocycles. The number of hydrogen-bond acceptors (Lipinski definition) is 5. The lowest BCUT2D eigenvalue weighted by Gasteiger charge is -2.23. The highest BCUT2D eigenvalue weighted by Gasteiger charge is 2.17. The van der Waals surface area contributed by atoms with E-state index >= 15 is 0 Å². The van der Waals surface area contributed by atoms with E-state index in [4.69, 9.17) is 14.2 Å². The van der Waals surface area contributed by atoms with Gasteiger partial charge in [0.1, 0.15) is 11.5 Å². The van der Waals surface area contributed by atoms with Gasteiger partial charge in [0.25, 0.3) is 5.91 Å². The van der Waals surface area contributed by atoms with E-state index in [2.05, 4.69) is 0 Å². The second-order valence-corrected chi connectivity index (χ2v) is 5.82. The van der Waals surface area contributed by atoms with Crippen LogP contribution in [0.15, 0.2) is 54.6 Å². The average molecular weight is 371 g/mol. The van der Waals surface area contributed by atoms with Gasteiger partial charge in [-0.25, -0.2) is 0 Å². The first-order valence-electron chi connectivity index (χ1n) is 8.86. The summed E-state index contributed by atoms with van der Waals surface area (Å²) in [6.45, 7) is 2.62. The molecule has 2 rings (SSSR count). The van der Waals surface area contributed by atoms with Gasteiger partial charge >= 0.3 is 5.97 Å². The van der Waals surface area contributed by atoms with E-state index in [1.54, 1.807) is 31.1 Å². The van der Waals surface area contributed by atoms with Crippen molar-refractivity contribution in [3.05, 3.63) is 60.2 Å². The van der Waals surface area contributed by atoms with Crippen molar-refractivity contribution in [2.24, 2.45) is 0 Å². The predicted molar refractivity (Wildman–Crippen MR) is 102 cm³/mol. The van der Waals surface area contributed by atoms with Crippen LogP contribution in [0.3, 0.4) is 0 Å². The van der Waals surface area contributed by atoms with Gasteiger partial charge in [-0.2, -0.15) is 0 Å². The van der Waals surface area contributed by atoms with Crippen LogP contribution in [-0.2, 0) is 20.9 Å². The number of amides is 1. The molecule has 2 aromatic rings. The Balaban J connectivity index is 2.00. The lowest BCUT2D eigenvalue weighted by molar-refractivity contribution is -0.144. The van der Waals surface area contributed by atoms with Crippen molar-refractivity contribution < 1.29 is 23.8 Å². The standard InChI is InChI=1S/C21H25NO5/c1-3-26-21(24)13-14-22(15-17-9-11-18(25-2)12-10-17)20(23)16-27-19-7-5-4-6-8-19/h4-12H,3,13-16H2,1-2H3. The Labute approximate surface area is 159 Å². The molecule has 0 spiro atoms. The summed E-state index contributed by atoms with van der Waals surface area (Å²) in [7, 11) is 1.60. The van der Waals surface area contributed by atoms with Crippen LogP contribution in [0.1, 0.15) is 18.9 Å². The van der Waals surface area contributed by atoms with Crippen molar-refractivity contribution in [2.45, 2.75) is 19.9 Å². The fourth-order valence-electron chi connectivity index (χ4n) is 2.46. The fourth-order valence-corrected chi connectivity index (χ4v) is 2.46. The molecule has 0 aromatic heterocycles. The average Bonchev–Trinajstić information content (AvgIpc) is 2.70. The maximum atomic E-state index is 12.6. The minimum absolute atomic E-state index is 0.0943. The highest BCUT2D eigenvalue weighted by atomic mass is 16.5. The third-order valence-electron chi connectivity index (χ3n) is 3.88. The number of para-hydroxylation sites is 1. The van der Waals surface area contributed by atoms with E-state index in [1.165, 1.54) is 0 Å². The summed E-state index contributed by atoms with van der Waals surface area (Å²) >= 11 is 0. The van der Waals surface area contributed by atoms with E-state index in [0.717, 1.165) is 11.3 Å². The Bertz CT molecular complexity index is 715. The van der Waals surface area contributed by atoms with Gasteiger partial charge in [-0.15, -0.1) is 0 Å². The maximum Gasteiger partial charge on any atom is 0.307 e. The van der Waals surface area contributed by atoms with Crippen LogP contribution in [0.2, 0.25) is 0 Å². The highest BCUT2D eigenvalue weighted by molar-refractivity contribution is 5.78. The molecule has 6 heteroatoms. The van der Waals surface area contributed by atoms with E-state index in [1.807, 2.05) is 42.5 Å². The topological polar surface area (TPSA) is 65.1 Å². The van der Waals surface area contributed by atoms with Crippen molar-refractivity contribution in [3.8, 4) is 11.5 Å². The second-order valence-electron chi connectivity index (χ2n) is 5.82. The number of carbonyl (C=O) groups excluding carboxylic acids is 2. The summed E-state index contributed by atoms with van der Waals surface area (Å²) in [5, 5.41) is 0. The van der Waals surface area contributed by atoms with E-state index in [0.29, 0.717) is 18.9 Å². The Morgan fingerprint density at radius 2 is 1.67 bits per heavy atom. The summed E-state index contributed by atoms with van der Waals surface area (Å²) in [5.41, 5.74) is 0.938. The number of ether oxygens (including phenoxy) is 3. The zero-order valence-electron chi connectivity index (χ0n) is 15.7. The first kappa shape index (κ1) is 20.3. The third kappa shape index (κ3) is 7.01. The molecule has 0 aliphatic rings. The lowest BCUT2D eigenvalue weighted by Crippen LogP contribution is -2.36. The number of hydrogen-bond donors (Lipinski definition) is 0. The molecule has 0 atom stereocenters. The molecule has 0 saturated heterocycles. The van der Waals surface area contributed by atoms with Crippen LogP contribution in [0, 0.1) is 0 Å². The van der Waals surface area contributed by atoms with Crippen molar-refractivity contribution in [1.29, 1.82) is 0 Å². The Kier molecular flexibility index (Phi) is 8.16. The third-order valence-corrected chi connectivity index (χ3v) is 3.88. The van der Waals surface area contributed by atoms with Crippen LogP contribution >= 0.6 is 0 Å². The Morgan fingerprint density at radius 3 is 2.30 bits per heavy atom. The minimum atomic E-state index is -0.325. The smallest absolute Gasteiger partial charge is 0.307 e. The Hall–Kier alpha value is -3.02. The van der Waals surface area contributed by atoms with Gasteiger partial charge in [0.05, 0.1) is 20.1 Å². The molecule has 144 valence electrons. The highest BCUT2D eigenvalue weighted by Crippen LogP contribution is 2.14. The molecule has 0 fully saturated rings. The minimum Gasteiger partial charge on any atom is -0.497 e. The van der Waals surface area contributed by atoms with E-state index in [-0.39, 0.29) is 31.4 Å². The number of esters is 1. The van der Waals surface area contributed by atoms with Gasteiger partial charge in [0.2, 0.25) is 0 Å². The van der Waals surface area contributed by atoms with Crippen LogP contribution in [0.5, 0.6) is 11.5 Å². The summed E-state index contributed by atoms with van der Waals surface area (Å²) in [5.74, 6) is 0.851. The van der Waals surface area contributed by atoms with Crippen molar-refractivity contribution in [3.63, 3.8) is 0 Å². The maximum absolute atomic E-state index is 12.6. The SMILES string of the molecule is CCOC(=O)CCN(Cc1ccc(OC)cc1)C(=O)COc1ccccc1. The second kappa shape index (κ2) is 10.9. The monoisotopic (exact) mass is 371 g/mol. The van der Waals surface area contributed by atoms with E-state index < -0.39 is 0 Å². The molecule has 27 heavy (non-hydrogen) atoms. The number of rotatable bonds is 10. The van der Waals surface area contributed by atoms with Gasteiger partial charge in [-0.1, -0.05) is 30.3 Å². The van der Waals surface area contributed by atoms with Crippen molar-refractivity contribution >= 4 is 11.9 Å². The number of methoxy groups -OCH3 is 1. The van der Waals surface area contributed by atoms with Crippen LogP contribution in [0.25, 0.3) is 0 Å². The van der Waals surface area contributed by atoms with Gasteiger partial charge in [0.15, 0.2) is 6.61 Å². The van der Waals surface area contributed by atoms with Crippen LogP contribution in [-0.4, -0.2) is 43.6 Å². The molecule has 0 saturated carbocycles. The first-order chi connectivity index (χ1) is 13.1. The largest absolute Gasteiger partial charge is 0.497 e. The van der Waals surface area contributed by atoms with Gasteiger partial charge < -0.3 is 19.1 Å². The molecule has 0 aliphatic heterocycles. The molecular formula is C21H25NO5. The molecule has 1 amide bonds. The zero-order valence-corrected chi connectivity index (χ0v) is 15.7. The molecular weight excluding hydrogens is 346 g/mol. The summed E-state index contributed by atoms with van der Waals surface area (Å²) < 4.78 is 15.7. The van der Waals surface area contributed by atoms with Crippen molar-refractivity contribution in [2.75, 3.05) is 26.9 Å². The zero-order chi connectivity index (χ0) is 19.5. The number of benzene rings is 2. The molecule has 0 aliphatic carbocycles. The molecule has 2 aromatic carbocycles. The Morgan fingerprint density at radius 1 is 0.963 bits per heavy atom. The molecule has 0 radical (unpaired) electrons. The van der Waals surface area contributed by atoms with E-state index in [9.17, 15) is 9.59 Å². The summed E-state index contributed by atoms with van der Waals surface area (Å²) in [6.07, 6.45) is 0.140. The molecule has 6 nitrogen and oxygen atoms in total. The first-order valence-corrected chi connectivity index (χ1v) is 8.86. The summed E-state index contributed by atoms with van der Waals surface area (Å²) in [6, 6.07) is 16.6. The normalized spacial score (nSPS) is 10.1. The van der Waals surface area contributed by atoms with Crippen LogP contribution in [0.4, 0.5) is 0 Å². The van der Waals surface area contributed by atoms with Gasteiger partial charge in [-0.05, 0) is 36.8 Å². The number of nitrogens with zero attached hydrogens (tertiary/aromatic N) is 1. The fraction of sp³-hybridized carbons (Fsp3) is 0.333. The lowest BCUT2D eigenvalue weighted by atomic mass is 10.2. The quantitative estimate of drug-likeness (QED) is 0.601. The summed E-state index contributed by atoms with van der Waals surface area (Å²) in [4.78, 5) is 25.9. The number of carbonyl (C=O) groups is 2. The van der Waals surface area contributed by atoms with Gasteiger partial charge in [-0.3, -0.25) is 9.59 Å².